The lowest BCUT2D eigenvalue weighted by atomic mass is 10.2. The van der Waals surface area contributed by atoms with Gasteiger partial charge in [-0.25, -0.2) is 0 Å². The Kier molecular flexibility index (Phi) is 2.85. The van der Waals surface area contributed by atoms with Gasteiger partial charge >= 0.3 is 0 Å². The quantitative estimate of drug-likeness (QED) is 0.711. The van der Waals surface area contributed by atoms with Crippen molar-refractivity contribution in [2.24, 2.45) is 7.05 Å². The van der Waals surface area contributed by atoms with Crippen molar-refractivity contribution in [1.82, 2.24) is 4.57 Å². The maximum absolute atomic E-state index is 9.11. The van der Waals surface area contributed by atoms with Crippen molar-refractivity contribution in [3.63, 3.8) is 0 Å². The Morgan fingerprint density at radius 3 is 2.25 bits per heavy atom. The van der Waals surface area contributed by atoms with Gasteiger partial charge in [-0.05, 0) is 25.7 Å². The molecule has 0 saturated carbocycles. The summed E-state index contributed by atoms with van der Waals surface area (Å²) >= 11 is 1.72. The van der Waals surface area contributed by atoms with Crippen molar-refractivity contribution in [2.75, 3.05) is 6.26 Å². The lowest BCUT2D eigenvalue weighted by molar-refractivity contribution is 0.280. The molecule has 1 N–H and O–H groups in total. The molecule has 1 heterocycles. The summed E-state index contributed by atoms with van der Waals surface area (Å²) in [6.45, 7) is 4.24. The fraction of sp³-hybridized carbons (Fsp3) is 0.556. The fourth-order valence-electron chi connectivity index (χ4n) is 1.53. The Bertz CT molecular complexity index is 264. The van der Waals surface area contributed by atoms with Gasteiger partial charge in [0.05, 0.1) is 11.6 Å². The third kappa shape index (κ3) is 1.27. The van der Waals surface area contributed by atoms with Gasteiger partial charge in [0.2, 0.25) is 0 Å². The fourth-order valence-corrected chi connectivity index (χ4v) is 2.37. The number of aromatic nitrogens is 1. The summed E-state index contributed by atoms with van der Waals surface area (Å²) in [6, 6.07) is 0. The molecule has 0 spiro atoms. The Morgan fingerprint density at radius 2 is 2.00 bits per heavy atom. The van der Waals surface area contributed by atoms with Crippen LogP contribution in [0.3, 0.4) is 0 Å². The van der Waals surface area contributed by atoms with E-state index in [0.717, 1.165) is 5.56 Å². The second-order valence-electron chi connectivity index (χ2n) is 2.92. The molecule has 68 valence electrons. The summed E-state index contributed by atoms with van der Waals surface area (Å²) < 4.78 is 2.13. The number of rotatable bonds is 2. The number of hydrogen-bond acceptors (Lipinski definition) is 2. The van der Waals surface area contributed by atoms with Gasteiger partial charge in [0, 0.05) is 18.3 Å². The summed E-state index contributed by atoms with van der Waals surface area (Å²) in [5, 5.41) is 10.4. The molecule has 0 aliphatic heterocycles. The van der Waals surface area contributed by atoms with Crippen LogP contribution in [0.5, 0.6) is 0 Å². The van der Waals surface area contributed by atoms with E-state index < -0.39 is 0 Å². The molecule has 0 fully saturated rings. The summed E-state index contributed by atoms with van der Waals surface area (Å²) in [5.41, 5.74) is 3.45. The highest BCUT2D eigenvalue weighted by Gasteiger charge is 2.12. The number of hydrogen-bond donors (Lipinski definition) is 1. The van der Waals surface area contributed by atoms with Gasteiger partial charge in [0.1, 0.15) is 0 Å². The summed E-state index contributed by atoms with van der Waals surface area (Å²) in [7, 11) is 2.04. The first-order valence-corrected chi connectivity index (χ1v) is 5.15. The predicted octanol–water partition coefficient (Wildman–Crippen LogP) is 1.86. The Morgan fingerprint density at radius 1 is 1.42 bits per heavy atom. The van der Waals surface area contributed by atoms with Crippen LogP contribution in [0.2, 0.25) is 0 Å². The van der Waals surface area contributed by atoms with Gasteiger partial charge < -0.3 is 9.67 Å². The molecule has 0 unspecified atom stereocenters. The zero-order valence-electron chi connectivity index (χ0n) is 8.01. The first-order chi connectivity index (χ1) is 5.63. The molecule has 0 bridgehead atoms. The van der Waals surface area contributed by atoms with Gasteiger partial charge in [-0.2, -0.15) is 0 Å². The second kappa shape index (κ2) is 3.54. The average Bonchev–Trinajstić information content (AvgIpc) is 2.25. The maximum atomic E-state index is 9.11. The Labute approximate surface area is 77.6 Å². The molecular formula is C9H15NOS. The third-order valence-corrected chi connectivity index (χ3v) is 3.34. The first-order valence-electron chi connectivity index (χ1n) is 3.93. The summed E-state index contributed by atoms with van der Waals surface area (Å²) in [4.78, 5) is 0. The van der Waals surface area contributed by atoms with E-state index in [1.54, 1.807) is 11.8 Å². The SMILES string of the molecule is CSc1c(C)c(CO)c(C)n1C. The molecule has 12 heavy (non-hydrogen) atoms. The first kappa shape index (κ1) is 9.68. The average molecular weight is 185 g/mol. The van der Waals surface area contributed by atoms with Crippen LogP contribution in [0.4, 0.5) is 0 Å². The highest BCUT2D eigenvalue weighted by molar-refractivity contribution is 7.98. The lowest BCUT2D eigenvalue weighted by Gasteiger charge is -2.01. The zero-order valence-corrected chi connectivity index (χ0v) is 8.83. The van der Waals surface area contributed by atoms with Crippen molar-refractivity contribution < 1.29 is 5.11 Å². The van der Waals surface area contributed by atoms with Gasteiger partial charge in [-0.15, -0.1) is 11.8 Å². The van der Waals surface area contributed by atoms with E-state index in [1.807, 2.05) is 14.0 Å². The molecule has 0 saturated heterocycles. The highest BCUT2D eigenvalue weighted by Crippen LogP contribution is 2.27. The minimum absolute atomic E-state index is 0.145. The molecule has 0 aromatic carbocycles. The molecule has 1 rings (SSSR count). The van der Waals surface area contributed by atoms with E-state index in [1.165, 1.54) is 16.3 Å². The largest absolute Gasteiger partial charge is 0.392 e. The molecule has 1 aromatic rings. The third-order valence-electron chi connectivity index (χ3n) is 2.37. The van der Waals surface area contributed by atoms with E-state index in [4.69, 9.17) is 5.11 Å². The number of thioether (sulfide) groups is 1. The molecule has 3 heteroatoms. The van der Waals surface area contributed by atoms with Crippen LogP contribution in [0.15, 0.2) is 5.03 Å². The monoisotopic (exact) mass is 185 g/mol. The van der Waals surface area contributed by atoms with Crippen molar-refractivity contribution in [1.29, 1.82) is 0 Å². The van der Waals surface area contributed by atoms with Crippen LogP contribution in [-0.4, -0.2) is 15.9 Å². The zero-order chi connectivity index (χ0) is 9.30. The molecule has 1 aromatic heterocycles. The van der Waals surface area contributed by atoms with Crippen LogP contribution in [-0.2, 0) is 13.7 Å². The minimum Gasteiger partial charge on any atom is -0.392 e. The van der Waals surface area contributed by atoms with Crippen molar-refractivity contribution in [3.8, 4) is 0 Å². The number of nitrogens with zero attached hydrogens (tertiary/aromatic N) is 1. The number of aliphatic hydroxyl groups excluding tert-OH is 1. The molecule has 0 aliphatic rings. The van der Waals surface area contributed by atoms with Crippen LogP contribution < -0.4 is 0 Å². The molecule has 0 atom stereocenters. The summed E-state index contributed by atoms with van der Waals surface area (Å²) in [5.74, 6) is 0. The van der Waals surface area contributed by atoms with Gasteiger partial charge in [0.25, 0.3) is 0 Å². The van der Waals surface area contributed by atoms with E-state index in [9.17, 15) is 0 Å². The highest BCUT2D eigenvalue weighted by atomic mass is 32.2. The van der Waals surface area contributed by atoms with Gasteiger partial charge in [-0.3, -0.25) is 0 Å². The van der Waals surface area contributed by atoms with Gasteiger partial charge in [-0.1, -0.05) is 0 Å². The van der Waals surface area contributed by atoms with Crippen molar-refractivity contribution >= 4 is 11.8 Å². The molecule has 0 amide bonds. The van der Waals surface area contributed by atoms with E-state index in [-0.39, 0.29) is 6.61 Å². The Balaban J connectivity index is 3.32. The molecule has 0 radical (unpaired) electrons. The lowest BCUT2D eigenvalue weighted by Crippen LogP contribution is -1.93. The Hall–Kier alpha value is -0.410. The topological polar surface area (TPSA) is 25.2 Å². The summed E-state index contributed by atoms with van der Waals surface area (Å²) in [6.07, 6.45) is 2.06. The smallest absolute Gasteiger partial charge is 0.0778 e. The second-order valence-corrected chi connectivity index (χ2v) is 3.71. The van der Waals surface area contributed by atoms with Crippen LogP contribution >= 0.6 is 11.8 Å². The predicted molar refractivity (Wildman–Crippen MR) is 52.6 cm³/mol. The maximum Gasteiger partial charge on any atom is 0.0778 e. The van der Waals surface area contributed by atoms with E-state index in [0.29, 0.717) is 0 Å². The normalized spacial score (nSPS) is 10.8. The minimum atomic E-state index is 0.145. The van der Waals surface area contributed by atoms with Crippen LogP contribution in [0.1, 0.15) is 16.8 Å². The molecular weight excluding hydrogens is 170 g/mol. The van der Waals surface area contributed by atoms with Crippen LogP contribution in [0.25, 0.3) is 0 Å². The standard InChI is InChI=1S/C9H15NOS/c1-6-8(5-11)7(2)10(3)9(6)12-4/h11H,5H2,1-4H3. The van der Waals surface area contributed by atoms with Crippen LogP contribution in [0, 0.1) is 13.8 Å². The van der Waals surface area contributed by atoms with E-state index in [2.05, 4.69) is 17.7 Å². The van der Waals surface area contributed by atoms with Gasteiger partial charge in [0.15, 0.2) is 0 Å². The van der Waals surface area contributed by atoms with Crippen molar-refractivity contribution in [2.45, 2.75) is 25.5 Å². The van der Waals surface area contributed by atoms with E-state index >= 15 is 0 Å². The molecule has 2 nitrogen and oxygen atoms in total. The number of aliphatic hydroxyl groups is 1. The molecule has 0 aliphatic carbocycles. The van der Waals surface area contributed by atoms with Crippen molar-refractivity contribution in [3.05, 3.63) is 16.8 Å².